The van der Waals surface area contributed by atoms with Gasteiger partial charge in [-0.1, -0.05) is 17.4 Å². The van der Waals surface area contributed by atoms with Gasteiger partial charge in [0.15, 0.2) is 4.96 Å². The number of amides is 1. The first-order valence-electron chi connectivity index (χ1n) is 9.55. The average Bonchev–Trinajstić information content (AvgIpc) is 3.31. The normalized spacial score (nSPS) is 11.7. The van der Waals surface area contributed by atoms with Crippen molar-refractivity contribution in [1.29, 1.82) is 0 Å². The molecule has 5 nitrogen and oxygen atoms in total. The van der Waals surface area contributed by atoms with Crippen LogP contribution in [0.5, 0.6) is 5.75 Å². The van der Waals surface area contributed by atoms with Gasteiger partial charge in [0.05, 0.1) is 17.8 Å². The molecule has 0 atom stereocenters. The Morgan fingerprint density at radius 1 is 1.19 bits per heavy atom. The quantitative estimate of drug-likeness (QED) is 0.310. The summed E-state index contributed by atoms with van der Waals surface area (Å²) < 4.78 is 58.5. The lowest BCUT2D eigenvalue weighted by atomic mass is 10.2. The summed E-state index contributed by atoms with van der Waals surface area (Å²) in [7, 11) is 0. The second kappa shape index (κ2) is 8.62. The standard InChI is InChI=1S/C22H17F4N3O2S/c1-13-19(32-21-28-18(12-29(13)21)14-5-7-16(23)8-6-14)20(30)27-9-10-31-17-4-2-3-15(11-17)22(24,25)26/h2-8,11-12H,9-10H2,1H3,(H,27,30). The zero-order valence-electron chi connectivity index (χ0n) is 16.7. The molecule has 0 unspecified atom stereocenters. The molecule has 10 heteroatoms. The van der Waals surface area contributed by atoms with Crippen molar-refractivity contribution < 1.29 is 27.1 Å². The summed E-state index contributed by atoms with van der Waals surface area (Å²) >= 11 is 1.21. The van der Waals surface area contributed by atoms with Crippen LogP contribution >= 0.6 is 11.3 Å². The first-order chi connectivity index (χ1) is 15.2. The zero-order chi connectivity index (χ0) is 22.9. The third-order valence-electron chi connectivity index (χ3n) is 4.72. The maximum Gasteiger partial charge on any atom is 0.416 e. The van der Waals surface area contributed by atoms with Gasteiger partial charge in [-0.05, 0) is 49.4 Å². The highest BCUT2D eigenvalue weighted by molar-refractivity contribution is 7.19. The number of aromatic nitrogens is 2. The Morgan fingerprint density at radius 2 is 1.94 bits per heavy atom. The summed E-state index contributed by atoms with van der Waals surface area (Å²) in [6.07, 6.45) is -2.67. The smallest absolute Gasteiger partial charge is 0.416 e. The topological polar surface area (TPSA) is 55.6 Å². The molecule has 4 rings (SSSR count). The van der Waals surface area contributed by atoms with Crippen LogP contribution in [0.2, 0.25) is 0 Å². The van der Waals surface area contributed by atoms with Crippen LogP contribution < -0.4 is 10.1 Å². The molecule has 0 bridgehead atoms. The summed E-state index contributed by atoms with van der Waals surface area (Å²) in [6.45, 7) is 1.92. The lowest BCUT2D eigenvalue weighted by Gasteiger charge is -2.10. The third-order valence-corrected chi connectivity index (χ3v) is 5.88. The number of carbonyl (C=O) groups excluding carboxylic acids is 1. The van der Waals surface area contributed by atoms with E-state index in [0.29, 0.717) is 21.2 Å². The number of fused-ring (bicyclic) bond motifs is 1. The van der Waals surface area contributed by atoms with Gasteiger partial charge in [-0.25, -0.2) is 9.37 Å². The van der Waals surface area contributed by atoms with Gasteiger partial charge in [0.2, 0.25) is 0 Å². The van der Waals surface area contributed by atoms with E-state index in [9.17, 15) is 22.4 Å². The molecule has 0 saturated heterocycles. The molecule has 0 saturated carbocycles. The molecule has 1 N–H and O–H groups in total. The molecular formula is C22H17F4N3O2S. The van der Waals surface area contributed by atoms with Crippen molar-refractivity contribution in [1.82, 2.24) is 14.7 Å². The minimum absolute atomic E-state index is 0.0172. The monoisotopic (exact) mass is 463 g/mol. The SMILES string of the molecule is Cc1c(C(=O)NCCOc2cccc(C(F)(F)F)c2)sc2nc(-c3ccc(F)cc3)cn12. The van der Waals surface area contributed by atoms with Gasteiger partial charge >= 0.3 is 6.18 Å². The van der Waals surface area contributed by atoms with Gasteiger partial charge in [-0.3, -0.25) is 9.20 Å². The number of aryl methyl sites for hydroxylation is 1. The molecule has 0 aliphatic heterocycles. The highest BCUT2D eigenvalue weighted by atomic mass is 32.1. The molecule has 0 spiro atoms. The van der Waals surface area contributed by atoms with Crippen molar-refractivity contribution in [3.8, 4) is 17.0 Å². The fourth-order valence-electron chi connectivity index (χ4n) is 3.10. The first kappa shape index (κ1) is 21.8. The van der Waals surface area contributed by atoms with Crippen molar-refractivity contribution >= 4 is 22.2 Å². The fraction of sp³-hybridized carbons (Fsp3) is 0.182. The molecule has 0 radical (unpaired) electrons. The van der Waals surface area contributed by atoms with E-state index in [1.807, 2.05) is 0 Å². The van der Waals surface area contributed by atoms with Crippen LogP contribution in [0, 0.1) is 12.7 Å². The maximum atomic E-state index is 13.1. The van der Waals surface area contributed by atoms with Crippen LogP contribution in [0.3, 0.4) is 0 Å². The number of rotatable bonds is 6. The van der Waals surface area contributed by atoms with Gasteiger partial charge < -0.3 is 10.1 Å². The lowest BCUT2D eigenvalue weighted by molar-refractivity contribution is -0.137. The summed E-state index contributed by atoms with van der Waals surface area (Å²) in [4.78, 5) is 18.1. The summed E-state index contributed by atoms with van der Waals surface area (Å²) in [6, 6.07) is 10.6. The molecule has 0 aliphatic carbocycles. The summed E-state index contributed by atoms with van der Waals surface area (Å²) in [5, 5.41) is 2.70. The minimum Gasteiger partial charge on any atom is -0.492 e. The molecule has 1 amide bonds. The summed E-state index contributed by atoms with van der Waals surface area (Å²) in [5.41, 5.74) is 1.33. The number of ether oxygens (including phenoxy) is 1. The van der Waals surface area contributed by atoms with E-state index >= 15 is 0 Å². The number of nitrogens with zero attached hydrogens (tertiary/aromatic N) is 2. The molecule has 2 aromatic carbocycles. The van der Waals surface area contributed by atoms with E-state index in [1.165, 1.54) is 35.6 Å². The molecule has 166 valence electrons. The van der Waals surface area contributed by atoms with Gasteiger partial charge in [-0.15, -0.1) is 0 Å². The Hall–Kier alpha value is -3.40. The van der Waals surface area contributed by atoms with E-state index in [0.717, 1.165) is 17.7 Å². The van der Waals surface area contributed by atoms with Crippen LogP contribution in [0.15, 0.2) is 54.7 Å². The predicted molar refractivity (Wildman–Crippen MR) is 112 cm³/mol. The van der Waals surface area contributed by atoms with Crippen LogP contribution in [0.1, 0.15) is 20.9 Å². The van der Waals surface area contributed by atoms with Crippen molar-refractivity contribution in [3.05, 3.63) is 76.7 Å². The van der Waals surface area contributed by atoms with Crippen molar-refractivity contribution in [2.75, 3.05) is 13.2 Å². The van der Waals surface area contributed by atoms with E-state index in [-0.39, 0.29) is 30.6 Å². The molecule has 0 fully saturated rings. The van der Waals surface area contributed by atoms with Crippen molar-refractivity contribution in [3.63, 3.8) is 0 Å². The van der Waals surface area contributed by atoms with E-state index in [1.54, 1.807) is 29.7 Å². The van der Waals surface area contributed by atoms with Crippen LogP contribution in [-0.4, -0.2) is 28.4 Å². The largest absolute Gasteiger partial charge is 0.492 e. The van der Waals surface area contributed by atoms with Crippen LogP contribution in [0.25, 0.3) is 16.2 Å². The predicted octanol–water partition coefficient (Wildman–Crippen LogP) is 5.34. The van der Waals surface area contributed by atoms with Crippen LogP contribution in [0.4, 0.5) is 17.6 Å². The molecule has 2 aromatic heterocycles. The van der Waals surface area contributed by atoms with Gasteiger partial charge in [0.25, 0.3) is 5.91 Å². The number of benzene rings is 2. The number of thiazole rings is 1. The zero-order valence-corrected chi connectivity index (χ0v) is 17.6. The number of hydrogen-bond donors (Lipinski definition) is 1. The Balaban J connectivity index is 1.37. The fourth-order valence-corrected chi connectivity index (χ4v) is 4.12. The second-order valence-electron chi connectivity index (χ2n) is 6.93. The molecular weight excluding hydrogens is 446 g/mol. The number of halogens is 4. The molecule has 32 heavy (non-hydrogen) atoms. The highest BCUT2D eigenvalue weighted by Crippen LogP contribution is 2.31. The lowest BCUT2D eigenvalue weighted by Crippen LogP contribution is -2.28. The molecule has 4 aromatic rings. The number of imidazole rings is 1. The Kier molecular flexibility index (Phi) is 5.88. The number of alkyl halides is 3. The van der Waals surface area contributed by atoms with Gasteiger partial charge in [0.1, 0.15) is 23.1 Å². The third kappa shape index (κ3) is 4.59. The second-order valence-corrected chi connectivity index (χ2v) is 7.91. The number of carbonyl (C=O) groups is 1. The molecule has 0 aliphatic rings. The Morgan fingerprint density at radius 3 is 2.62 bits per heavy atom. The minimum atomic E-state index is -4.45. The van der Waals surface area contributed by atoms with Crippen molar-refractivity contribution in [2.45, 2.75) is 13.1 Å². The first-order valence-corrected chi connectivity index (χ1v) is 10.4. The number of hydrogen-bond acceptors (Lipinski definition) is 4. The van der Waals surface area contributed by atoms with Gasteiger partial charge in [0, 0.05) is 17.5 Å². The highest BCUT2D eigenvalue weighted by Gasteiger charge is 2.30. The van der Waals surface area contributed by atoms with Crippen molar-refractivity contribution in [2.24, 2.45) is 0 Å². The Labute approximate surface area is 184 Å². The van der Waals surface area contributed by atoms with E-state index in [4.69, 9.17) is 4.74 Å². The number of nitrogens with one attached hydrogen (secondary N) is 1. The Bertz CT molecular complexity index is 1260. The average molecular weight is 463 g/mol. The van der Waals surface area contributed by atoms with E-state index in [2.05, 4.69) is 10.3 Å². The van der Waals surface area contributed by atoms with Crippen LogP contribution in [-0.2, 0) is 6.18 Å². The maximum absolute atomic E-state index is 13.1. The summed E-state index contributed by atoms with van der Waals surface area (Å²) in [5.74, 6) is -0.580. The van der Waals surface area contributed by atoms with E-state index < -0.39 is 11.7 Å². The molecule has 2 heterocycles. The van der Waals surface area contributed by atoms with Gasteiger partial charge in [-0.2, -0.15) is 13.2 Å².